The Kier molecular flexibility index (Phi) is 7.71. The normalized spacial score (nSPS) is 11.7. The lowest BCUT2D eigenvalue weighted by molar-refractivity contribution is -0.187. The van der Waals surface area contributed by atoms with E-state index in [2.05, 4.69) is 0 Å². The zero-order chi connectivity index (χ0) is 18.3. The Hall–Kier alpha value is -2.12. The van der Waals surface area contributed by atoms with Crippen molar-refractivity contribution in [1.82, 2.24) is 0 Å². The molecule has 0 atom stereocenters. The average Bonchev–Trinajstić information content (AvgIpc) is 2.50. The van der Waals surface area contributed by atoms with E-state index >= 15 is 0 Å². The minimum absolute atomic E-state index is 0.0224. The number of carbonyl (C=O) groups is 4. The molecule has 0 bridgehead atoms. The summed E-state index contributed by atoms with van der Waals surface area (Å²) in [6, 6.07) is 0. The van der Waals surface area contributed by atoms with Gasteiger partial charge in [0.05, 0.1) is 0 Å². The van der Waals surface area contributed by atoms with E-state index in [0.717, 1.165) is 0 Å². The molecule has 8 nitrogen and oxygen atoms in total. The van der Waals surface area contributed by atoms with Gasteiger partial charge in [0.15, 0.2) is 10.8 Å². The lowest BCUT2D eigenvalue weighted by atomic mass is 9.82. The Morgan fingerprint density at radius 2 is 0.957 bits per heavy atom. The molecule has 0 aliphatic rings. The van der Waals surface area contributed by atoms with Gasteiger partial charge in [-0.05, 0) is 25.7 Å². The molecule has 0 aliphatic heterocycles. The van der Waals surface area contributed by atoms with E-state index < -0.39 is 41.5 Å². The van der Waals surface area contributed by atoms with E-state index in [-0.39, 0.29) is 25.7 Å². The van der Waals surface area contributed by atoms with Crippen LogP contribution < -0.4 is 0 Å². The Bertz CT molecular complexity index is 418. The quantitative estimate of drug-likeness (QED) is 0.352. The van der Waals surface area contributed by atoms with Crippen LogP contribution >= 0.6 is 0 Å². The first-order chi connectivity index (χ1) is 10.7. The number of hydrogen-bond acceptors (Lipinski definition) is 6. The molecule has 0 aromatic heterocycles. The molecule has 0 fully saturated rings. The van der Waals surface area contributed by atoms with Gasteiger partial charge in [-0.15, -0.1) is 0 Å². The van der Waals surface area contributed by atoms with Gasteiger partial charge in [-0.25, -0.2) is 0 Å². The molecule has 23 heavy (non-hydrogen) atoms. The van der Waals surface area contributed by atoms with Crippen LogP contribution in [0.3, 0.4) is 0 Å². The zero-order valence-corrected chi connectivity index (χ0v) is 13.9. The fourth-order valence-corrected chi connectivity index (χ4v) is 2.27. The molecule has 0 aromatic carbocycles. The van der Waals surface area contributed by atoms with Crippen molar-refractivity contribution < 1.29 is 38.9 Å². The van der Waals surface area contributed by atoms with Crippen molar-refractivity contribution >= 4 is 23.9 Å². The molecule has 0 amide bonds. The molecule has 0 saturated heterocycles. The molecule has 8 heteroatoms. The summed E-state index contributed by atoms with van der Waals surface area (Å²) in [6.45, 7) is 5.33. The van der Waals surface area contributed by atoms with Crippen LogP contribution in [0.2, 0.25) is 0 Å². The molecule has 0 saturated carbocycles. The minimum Gasteiger partial charge on any atom is -0.480 e. The van der Waals surface area contributed by atoms with Crippen LogP contribution in [0, 0.1) is 10.8 Å². The molecule has 0 aromatic rings. The first-order valence-corrected chi connectivity index (χ1v) is 7.49. The van der Waals surface area contributed by atoms with Gasteiger partial charge in [0.25, 0.3) is 0 Å². The van der Waals surface area contributed by atoms with Gasteiger partial charge in [0.1, 0.15) is 0 Å². The Morgan fingerprint density at radius 3 is 1.13 bits per heavy atom. The topological polar surface area (TPSA) is 127 Å². The molecular weight excluding hydrogens is 308 g/mol. The molecule has 0 spiro atoms. The summed E-state index contributed by atoms with van der Waals surface area (Å²) >= 11 is 0. The first kappa shape index (κ1) is 20.9. The zero-order valence-electron chi connectivity index (χ0n) is 13.9. The summed E-state index contributed by atoms with van der Waals surface area (Å²) in [5.74, 6) is -4.67. The summed E-state index contributed by atoms with van der Waals surface area (Å²) in [6.07, 6.45) is 0.0897. The maximum Gasteiger partial charge on any atom is 0.326 e. The van der Waals surface area contributed by atoms with Crippen molar-refractivity contribution in [3.63, 3.8) is 0 Å². The van der Waals surface area contributed by atoms with Crippen LogP contribution in [0.1, 0.15) is 53.4 Å². The number of rotatable bonds is 10. The highest BCUT2D eigenvalue weighted by Crippen LogP contribution is 2.30. The monoisotopic (exact) mass is 332 g/mol. The molecule has 0 radical (unpaired) electrons. The lowest BCUT2D eigenvalue weighted by Crippen LogP contribution is -2.42. The third-order valence-corrected chi connectivity index (χ3v) is 4.39. The second kappa shape index (κ2) is 8.50. The van der Waals surface area contributed by atoms with Gasteiger partial charge >= 0.3 is 23.9 Å². The lowest BCUT2D eigenvalue weighted by Gasteiger charge is -2.26. The van der Waals surface area contributed by atoms with Crippen LogP contribution in [0.25, 0.3) is 0 Å². The third kappa shape index (κ3) is 4.00. The number of carbonyl (C=O) groups excluding carboxylic acids is 2. The molecule has 0 aliphatic carbocycles. The van der Waals surface area contributed by atoms with Crippen LogP contribution in [-0.2, 0) is 28.7 Å². The van der Waals surface area contributed by atoms with Crippen molar-refractivity contribution in [3.8, 4) is 0 Å². The van der Waals surface area contributed by atoms with Gasteiger partial charge in [-0.1, -0.05) is 27.7 Å². The summed E-state index contributed by atoms with van der Waals surface area (Å²) in [5.41, 5.74) is -3.41. The van der Waals surface area contributed by atoms with Gasteiger partial charge in [-0.2, -0.15) is 0 Å². The van der Waals surface area contributed by atoms with E-state index in [1.54, 1.807) is 0 Å². The second-order valence-corrected chi connectivity index (χ2v) is 5.17. The van der Waals surface area contributed by atoms with E-state index in [4.69, 9.17) is 9.47 Å². The molecule has 132 valence electrons. The number of esters is 2. The molecule has 0 rings (SSSR count). The molecule has 0 heterocycles. The average molecular weight is 332 g/mol. The van der Waals surface area contributed by atoms with Gasteiger partial charge in [0, 0.05) is 0 Å². The van der Waals surface area contributed by atoms with Crippen molar-refractivity contribution in [1.29, 1.82) is 0 Å². The van der Waals surface area contributed by atoms with Crippen LogP contribution in [0.5, 0.6) is 0 Å². The maximum absolute atomic E-state index is 12.0. The van der Waals surface area contributed by atoms with E-state index in [1.807, 2.05) is 0 Å². The fraction of sp³-hybridized carbons (Fsp3) is 0.733. The van der Waals surface area contributed by atoms with Crippen LogP contribution in [-0.4, -0.2) is 40.9 Å². The second-order valence-electron chi connectivity index (χ2n) is 5.17. The Balaban J connectivity index is 4.90. The summed E-state index contributed by atoms with van der Waals surface area (Å²) in [7, 11) is 0. The van der Waals surface area contributed by atoms with E-state index in [1.165, 1.54) is 27.7 Å². The Labute approximate surface area is 134 Å². The largest absolute Gasteiger partial charge is 0.480 e. The fourth-order valence-electron chi connectivity index (χ4n) is 2.27. The Morgan fingerprint density at radius 1 is 0.696 bits per heavy atom. The van der Waals surface area contributed by atoms with Gasteiger partial charge in [-0.3, -0.25) is 19.2 Å². The van der Waals surface area contributed by atoms with Crippen LogP contribution in [0.4, 0.5) is 0 Å². The third-order valence-electron chi connectivity index (χ3n) is 4.39. The number of carboxylic acid groups (broad SMARTS) is 2. The predicted octanol–water partition coefficient (Wildman–Crippen LogP) is 1.81. The molecule has 2 N–H and O–H groups in total. The van der Waals surface area contributed by atoms with Crippen LogP contribution in [0.15, 0.2) is 0 Å². The molecular formula is C15H24O8. The van der Waals surface area contributed by atoms with E-state index in [0.29, 0.717) is 0 Å². The highest BCUT2D eigenvalue weighted by molar-refractivity contribution is 6.00. The number of hydrogen-bond donors (Lipinski definition) is 2. The van der Waals surface area contributed by atoms with Gasteiger partial charge in [0.2, 0.25) is 6.79 Å². The summed E-state index contributed by atoms with van der Waals surface area (Å²) in [4.78, 5) is 46.5. The number of carboxylic acids is 2. The summed E-state index contributed by atoms with van der Waals surface area (Å²) < 4.78 is 9.46. The standard InChI is InChI=1S/C15H24O8/c1-5-14(6-2,10(16)17)12(20)22-9-23-13(21)15(7-3,8-4)11(18)19/h5-9H2,1-4H3,(H,16,17)(H,18,19). The van der Waals surface area contributed by atoms with Crippen molar-refractivity contribution in [2.24, 2.45) is 10.8 Å². The number of aliphatic carboxylic acids is 2. The van der Waals surface area contributed by atoms with E-state index in [9.17, 15) is 29.4 Å². The van der Waals surface area contributed by atoms with Crippen molar-refractivity contribution in [3.05, 3.63) is 0 Å². The molecule has 0 unspecified atom stereocenters. The smallest absolute Gasteiger partial charge is 0.326 e. The highest BCUT2D eigenvalue weighted by atomic mass is 16.7. The van der Waals surface area contributed by atoms with Crippen molar-refractivity contribution in [2.75, 3.05) is 6.79 Å². The highest BCUT2D eigenvalue weighted by Gasteiger charge is 2.46. The maximum atomic E-state index is 12.0. The minimum atomic E-state index is -1.70. The SMILES string of the molecule is CCC(CC)(C(=O)O)C(=O)OCOC(=O)C(CC)(CC)C(=O)O. The van der Waals surface area contributed by atoms with Crippen molar-refractivity contribution in [2.45, 2.75) is 53.4 Å². The first-order valence-electron chi connectivity index (χ1n) is 7.49. The van der Waals surface area contributed by atoms with Gasteiger partial charge < -0.3 is 19.7 Å². The predicted molar refractivity (Wildman–Crippen MR) is 78.4 cm³/mol. The number of ether oxygens (including phenoxy) is 2. The summed E-state index contributed by atoms with van der Waals surface area (Å²) in [5, 5.41) is 18.4.